The lowest BCUT2D eigenvalue weighted by Gasteiger charge is -2.01. The molecule has 0 saturated heterocycles. The zero-order valence-corrected chi connectivity index (χ0v) is 16.5. The Morgan fingerprint density at radius 2 is 2.00 bits per heavy atom. The van der Waals surface area contributed by atoms with Gasteiger partial charge in [0.2, 0.25) is 11.7 Å². The maximum absolute atomic E-state index is 12.2. The highest BCUT2D eigenvalue weighted by atomic mass is 32.1. The van der Waals surface area contributed by atoms with E-state index in [4.69, 9.17) is 4.74 Å². The number of hydrogen-bond donors (Lipinski definition) is 1. The van der Waals surface area contributed by atoms with Gasteiger partial charge in [-0.1, -0.05) is 0 Å². The van der Waals surface area contributed by atoms with Crippen LogP contribution >= 0.6 is 11.3 Å². The Balaban J connectivity index is 1.55. The van der Waals surface area contributed by atoms with Crippen molar-refractivity contribution in [1.82, 2.24) is 24.9 Å². The number of nitrogens with zero attached hydrogens (tertiary/aromatic N) is 4. The van der Waals surface area contributed by atoms with Crippen LogP contribution in [0, 0.1) is 13.8 Å². The van der Waals surface area contributed by atoms with E-state index in [0.717, 1.165) is 16.3 Å². The molecule has 1 amide bonds. The van der Waals surface area contributed by atoms with Crippen LogP contribution in [0.5, 0.6) is 0 Å². The molecule has 3 aromatic heterocycles. The van der Waals surface area contributed by atoms with Crippen molar-refractivity contribution in [1.29, 1.82) is 0 Å². The van der Waals surface area contributed by atoms with E-state index in [2.05, 4.69) is 20.4 Å². The lowest BCUT2D eigenvalue weighted by atomic mass is 10.3. The fourth-order valence-electron chi connectivity index (χ4n) is 2.51. The van der Waals surface area contributed by atoms with Gasteiger partial charge in [0.05, 0.1) is 11.4 Å². The Kier molecular flexibility index (Phi) is 5.78. The van der Waals surface area contributed by atoms with Gasteiger partial charge >= 0.3 is 5.97 Å². The Labute approximate surface area is 164 Å². The average molecular weight is 401 g/mol. The summed E-state index contributed by atoms with van der Waals surface area (Å²) in [6.45, 7) is 5.16. The Morgan fingerprint density at radius 1 is 1.21 bits per heavy atom. The first-order valence-electron chi connectivity index (χ1n) is 8.53. The second-order valence-corrected chi connectivity index (χ2v) is 7.38. The molecule has 0 spiro atoms. The van der Waals surface area contributed by atoms with E-state index in [-0.39, 0.29) is 30.5 Å². The van der Waals surface area contributed by atoms with Crippen LogP contribution in [0.2, 0.25) is 0 Å². The molecule has 3 aromatic rings. The predicted octanol–water partition coefficient (Wildman–Crippen LogP) is 1.41. The number of hydrogen-bond acceptors (Lipinski definition) is 8. The summed E-state index contributed by atoms with van der Waals surface area (Å²) in [6, 6.07) is 5.27. The van der Waals surface area contributed by atoms with Crippen molar-refractivity contribution in [2.75, 3.05) is 6.61 Å². The highest BCUT2D eigenvalue weighted by Crippen LogP contribution is 2.17. The number of carbonyl (C=O) groups excluding carboxylic acids is 3. The fourth-order valence-corrected chi connectivity index (χ4v) is 3.39. The smallest absolute Gasteiger partial charge is 0.314 e. The fraction of sp³-hybridized carbons (Fsp3) is 0.333. The van der Waals surface area contributed by atoms with Gasteiger partial charge in [-0.25, -0.2) is 9.50 Å². The minimum atomic E-state index is -0.589. The van der Waals surface area contributed by atoms with E-state index in [1.807, 2.05) is 19.9 Å². The lowest BCUT2D eigenvalue weighted by Crippen LogP contribution is -2.18. The summed E-state index contributed by atoms with van der Waals surface area (Å²) in [5.41, 5.74) is 1.67. The summed E-state index contributed by atoms with van der Waals surface area (Å²) in [4.78, 5) is 44.9. The number of fused-ring (bicyclic) bond motifs is 1. The summed E-state index contributed by atoms with van der Waals surface area (Å²) in [5.74, 6) is -0.331. The SMILES string of the molecule is CC(=O)NCc1ccc(C(=O)COC(=O)Cc2nc3nc(C)cc(C)n3n2)s1. The summed E-state index contributed by atoms with van der Waals surface area (Å²) in [5, 5.41) is 6.91. The Bertz CT molecular complexity index is 1060. The zero-order valence-electron chi connectivity index (χ0n) is 15.7. The van der Waals surface area contributed by atoms with E-state index in [1.54, 1.807) is 16.6 Å². The van der Waals surface area contributed by atoms with Gasteiger partial charge < -0.3 is 10.1 Å². The molecule has 0 aliphatic rings. The number of carbonyl (C=O) groups is 3. The van der Waals surface area contributed by atoms with Crippen LogP contribution in [0.15, 0.2) is 18.2 Å². The van der Waals surface area contributed by atoms with E-state index >= 15 is 0 Å². The largest absolute Gasteiger partial charge is 0.457 e. The third-order valence-corrected chi connectivity index (χ3v) is 4.90. The average Bonchev–Trinajstić information content (AvgIpc) is 3.24. The molecule has 0 radical (unpaired) electrons. The monoisotopic (exact) mass is 401 g/mol. The lowest BCUT2D eigenvalue weighted by molar-refractivity contribution is -0.141. The highest BCUT2D eigenvalue weighted by molar-refractivity contribution is 7.14. The first-order valence-corrected chi connectivity index (χ1v) is 9.35. The quantitative estimate of drug-likeness (QED) is 0.470. The van der Waals surface area contributed by atoms with Gasteiger partial charge in [-0.05, 0) is 32.0 Å². The number of Topliss-reactive ketones (excluding diaryl/α,β-unsaturated/α-hetero) is 1. The second kappa shape index (κ2) is 8.26. The molecular formula is C18H19N5O4S. The van der Waals surface area contributed by atoms with Gasteiger partial charge in [0.1, 0.15) is 6.42 Å². The minimum absolute atomic E-state index is 0.142. The minimum Gasteiger partial charge on any atom is -0.457 e. The molecule has 0 atom stereocenters. The van der Waals surface area contributed by atoms with Crippen LogP contribution in [0.3, 0.4) is 0 Å². The molecule has 0 bridgehead atoms. The van der Waals surface area contributed by atoms with Gasteiger partial charge in [-0.2, -0.15) is 4.98 Å². The van der Waals surface area contributed by atoms with Crippen molar-refractivity contribution in [3.8, 4) is 0 Å². The molecule has 3 rings (SSSR count). The molecule has 0 saturated carbocycles. The summed E-state index contributed by atoms with van der Waals surface area (Å²) >= 11 is 1.25. The van der Waals surface area contributed by atoms with Crippen molar-refractivity contribution < 1.29 is 19.1 Å². The van der Waals surface area contributed by atoms with Crippen LogP contribution in [0.4, 0.5) is 0 Å². The van der Waals surface area contributed by atoms with Gasteiger partial charge in [0.25, 0.3) is 5.78 Å². The molecule has 0 fully saturated rings. The number of ether oxygens (including phenoxy) is 1. The van der Waals surface area contributed by atoms with E-state index < -0.39 is 5.97 Å². The number of aryl methyl sites for hydroxylation is 2. The molecule has 9 nitrogen and oxygen atoms in total. The number of aromatic nitrogens is 4. The molecule has 28 heavy (non-hydrogen) atoms. The first kappa shape index (κ1) is 19.6. The molecule has 146 valence electrons. The standard InChI is InChI=1S/C18H19N5O4S/c1-10-6-11(2)23-18(20-10)21-16(22-23)7-17(26)27-9-14(25)15-5-4-13(28-15)8-19-12(3)24/h4-6H,7-9H2,1-3H3,(H,19,24). The van der Waals surface area contributed by atoms with Crippen molar-refractivity contribution >= 4 is 34.8 Å². The maximum Gasteiger partial charge on any atom is 0.314 e. The third kappa shape index (κ3) is 4.77. The van der Waals surface area contributed by atoms with Gasteiger partial charge in [0, 0.05) is 23.2 Å². The van der Waals surface area contributed by atoms with Crippen molar-refractivity contribution in [3.05, 3.63) is 45.2 Å². The van der Waals surface area contributed by atoms with Crippen LogP contribution < -0.4 is 5.32 Å². The summed E-state index contributed by atoms with van der Waals surface area (Å²) < 4.78 is 6.62. The number of thiophene rings is 1. The molecule has 1 N–H and O–H groups in total. The van der Waals surface area contributed by atoms with Crippen molar-refractivity contribution in [3.63, 3.8) is 0 Å². The molecule has 0 aromatic carbocycles. The van der Waals surface area contributed by atoms with Crippen LogP contribution in [0.25, 0.3) is 5.78 Å². The summed E-state index contributed by atoms with van der Waals surface area (Å²) in [6.07, 6.45) is -0.145. The molecule has 0 aliphatic heterocycles. The number of esters is 1. The Hall–Kier alpha value is -3.14. The number of amides is 1. The van der Waals surface area contributed by atoms with Crippen LogP contribution in [-0.4, -0.2) is 43.8 Å². The molecule has 0 unspecified atom stereocenters. The van der Waals surface area contributed by atoms with Gasteiger partial charge in [-0.15, -0.1) is 16.4 Å². The van der Waals surface area contributed by atoms with E-state index in [9.17, 15) is 14.4 Å². The highest BCUT2D eigenvalue weighted by Gasteiger charge is 2.16. The van der Waals surface area contributed by atoms with Crippen LogP contribution in [-0.2, 0) is 27.3 Å². The number of nitrogens with one attached hydrogen (secondary N) is 1. The maximum atomic E-state index is 12.2. The third-order valence-electron chi connectivity index (χ3n) is 3.78. The molecule has 3 heterocycles. The topological polar surface area (TPSA) is 116 Å². The zero-order chi connectivity index (χ0) is 20.3. The van der Waals surface area contributed by atoms with Gasteiger partial charge in [0.15, 0.2) is 12.4 Å². The number of rotatable bonds is 7. The van der Waals surface area contributed by atoms with E-state index in [1.165, 1.54) is 18.3 Å². The van der Waals surface area contributed by atoms with Gasteiger partial charge in [-0.3, -0.25) is 14.4 Å². The van der Waals surface area contributed by atoms with Crippen LogP contribution in [0.1, 0.15) is 38.7 Å². The second-order valence-electron chi connectivity index (χ2n) is 6.22. The normalized spacial score (nSPS) is 10.8. The van der Waals surface area contributed by atoms with Crippen molar-refractivity contribution in [2.45, 2.75) is 33.7 Å². The Morgan fingerprint density at radius 3 is 2.75 bits per heavy atom. The van der Waals surface area contributed by atoms with E-state index in [0.29, 0.717) is 17.2 Å². The predicted molar refractivity (Wildman–Crippen MR) is 101 cm³/mol. The van der Waals surface area contributed by atoms with Crippen molar-refractivity contribution in [2.24, 2.45) is 0 Å². The first-order chi connectivity index (χ1) is 13.3. The molecule has 0 aliphatic carbocycles. The molecular weight excluding hydrogens is 382 g/mol. The summed E-state index contributed by atoms with van der Waals surface area (Å²) in [7, 11) is 0. The molecule has 10 heteroatoms. The number of ketones is 1.